The van der Waals surface area contributed by atoms with Crippen LogP contribution in [0.2, 0.25) is 0 Å². The van der Waals surface area contributed by atoms with Gasteiger partial charge in [0.15, 0.2) is 0 Å². The minimum atomic E-state index is -0.379. The van der Waals surface area contributed by atoms with Gasteiger partial charge in [0.05, 0.1) is 13.2 Å². The molecule has 2 saturated heterocycles. The van der Waals surface area contributed by atoms with Crippen LogP contribution in [0.3, 0.4) is 0 Å². The number of rotatable bonds is 4. The van der Waals surface area contributed by atoms with Gasteiger partial charge in [0, 0.05) is 57.4 Å². The van der Waals surface area contributed by atoms with Crippen molar-refractivity contribution in [1.29, 1.82) is 0 Å². The molecule has 134 valence electrons. The molecule has 6 heteroatoms. The van der Waals surface area contributed by atoms with E-state index in [1.807, 2.05) is 0 Å². The third-order valence-corrected chi connectivity index (χ3v) is 5.28. The number of methoxy groups -OCH3 is 1. The van der Waals surface area contributed by atoms with Gasteiger partial charge in [0.2, 0.25) is 0 Å². The van der Waals surface area contributed by atoms with E-state index in [0.29, 0.717) is 24.4 Å². The summed E-state index contributed by atoms with van der Waals surface area (Å²) in [5, 5.41) is 10.6. The van der Waals surface area contributed by atoms with Gasteiger partial charge in [0.1, 0.15) is 11.6 Å². The van der Waals surface area contributed by atoms with Gasteiger partial charge in [-0.25, -0.2) is 4.39 Å². The molecule has 0 amide bonds. The first kappa shape index (κ1) is 17.6. The van der Waals surface area contributed by atoms with Crippen LogP contribution in [0, 0.1) is 5.82 Å². The lowest BCUT2D eigenvalue weighted by Crippen LogP contribution is -2.58. The molecule has 3 rings (SSSR count). The van der Waals surface area contributed by atoms with E-state index in [9.17, 15) is 9.50 Å². The van der Waals surface area contributed by atoms with Crippen molar-refractivity contribution in [1.82, 2.24) is 14.7 Å². The highest BCUT2D eigenvalue weighted by Gasteiger charge is 2.33. The van der Waals surface area contributed by atoms with Gasteiger partial charge in [-0.15, -0.1) is 0 Å². The maximum atomic E-state index is 14.0. The zero-order chi connectivity index (χ0) is 17.1. The molecule has 0 bridgehead atoms. The van der Waals surface area contributed by atoms with Crippen LogP contribution < -0.4 is 4.74 Å². The highest BCUT2D eigenvalue weighted by atomic mass is 19.1. The van der Waals surface area contributed by atoms with Crippen molar-refractivity contribution in [2.75, 3.05) is 53.4 Å². The van der Waals surface area contributed by atoms with E-state index in [2.05, 4.69) is 21.7 Å². The van der Waals surface area contributed by atoms with E-state index >= 15 is 0 Å². The summed E-state index contributed by atoms with van der Waals surface area (Å²) in [6, 6.07) is 5.05. The SMILES string of the molecule is COc1ccc(F)c(CN2CC[C@@H](N3CCN(C)CC3)[C@H](O)C2)c1. The van der Waals surface area contributed by atoms with Gasteiger partial charge in [-0.3, -0.25) is 9.80 Å². The second-order valence-electron chi connectivity index (χ2n) is 6.96. The molecule has 1 aromatic carbocycles. The summed E-state index contributed by atoms with van der Waals surface area (Å²) in [5.41, 5.74) is 0.625. The number of aliphatic hydroxyl groups is 1. The molecule has 24 heavy (non-hydrogen) atoms. The fourth-order valence-electron chi connectivity index (χ4n) is 3.75. The van der Waals surface area contributed by atoms with E-state index in [1.54, 1.807) is 19.2 Å². The van der Waals surface area contributed by atoms with E-state index in [4.69, 9.17) is 4.74 Å². The van der Waals surface area contributed by atoms with E-state index in [1.165, 1.54) is 6.07 Å². The predicted molar refractivity (Wildman–Crippen MR) is 91.7 cm³/mol. The maximum absolute atomic E-state index is 14.0. The quantitative estimate of drug-likeness (QED) is 0.888. The average Bonchev–Trinajstić information content (AvgIpc) is 2.58. The Kier molecular flexibility index (Phi) is 5.71. The highest BCUT2D eigenvalue weighted by molar-refractivity contribution is 5.29. The summed E-state index contributed by atoms with van der Waals surface area (Å²) in [6.07, 6.45) is 0.548. The van der Waals surface area contributed by atoms with Crippen LogP contribution in [0.4, 0.5) is 4.39 Å². The van der Waals surface area contributed by atoms with E-state index in [-0.39, 0.29) is 18.0 Å². The Bertz CT molecular complexity index is 549. The van der Waals surface area contributed by atoms with Crippen LogP contribution in [-0.2, 0) is 6.54 Å². The molecule has 0 unspecified atom stereocenters. The number of halogens is 1. The minimum Gasteiger partial charge on any atom is -0.497 e. The second kappa shape index (κ2) is 7.78. The fraction of sp³-hybridized carbons (Fsp3) is 0.667. The monoisotopic (exact) mass is 337 g/mol. The lowest BCUT2D eigenvalue weighted by molar-refractivity contribution is -0.0288. The number of piperazine rings is 1. The molecule has 1 N–H and O–H groups in total. The summed E-state index contributed by atoms with van der Waals surface area (Å²) in [4.78, 5) is 6.87. The van der Waals surface area contributed by atoms with Gasteiger partial charge in [-0.2, -0.15) is 0 Å². The van der Waals surface area contributed by atoms with E-state index < -0.39 is 0 Å². The molecule has 0 aromatic heterocycles. The largest absolute Gasteiger partial charge is 0.497 e. The van der Waals surface area contributed by atoms with Crippen molar-refractivity contribution in [3.63, 3.8) is 0 Å². The van der Waals surface area contributed by atoms with Crippen molar-refractivity contribution in [2.45, 2.75) is 25.1 Å². The summed E-state index contributed by atoms with van der Waals surface area (Å²) < 4.78 is 19.2. The first-order chi connectivity index (χ1) is 11.6. The predicted octanol–water partition coefficient (Wildman–Crippen LogP) is 1.02. The maximum Gasteiger partial charge on any atom is 0.127 e. The number of aliphatic hydroxyl groups excluding tert-OH is 1. The number of benzene rings is 1. The molecule has 0 saturated carbocycles. The molecular formula is C18H28FN3O2. The van der Waals surface area contributed by atoms with Crippen molar-refractivity contribution in [2.24, 2.45) is 0 Å². The first-order valence-electron chi connectivity index (χ1n) is 8.72. The summed E-state index contributed by atoms with van der Waals surface area (Å²) in [6.45, 7) is 6.13. The number of likely N-dealkylation sites (N-methyl/N-ethyl adjacent to an activating group) is 1. The van der Waals surface area contributed by atoms with Gasteiger partial charge >= 0.3 is 0 Å². The number of hydrogen-bond donors (Lipinski definition) is 1. The number of likely N-dealkylation sites (tertiary alicyclic amines) is 1. The number of hydrogen-bond acceptors (Lipinski definition) is 5. The molecule has 5 nitrogen and oxygen atoms in total. The third kappa shape index (κ3) is 4.06. The molecular weight excluding hydrogens is 309 g/mol. The number of ether oxygens (including phenoxy) is 1. The Morgan fingerprint density at radius 2 is 1.96 bits per heavy atom. The lowest BCUT2D eigenvalue weighted by Gasteiger charge is -2.44. The molecule has 2 heterocycles. The Morgan fingerprint density at radius 1 is 1.21 bits per heavy atom. The molecule has 1 aromatic rings. The zero-order valence-electron chi connectivity index (χ0n) is 14.6. The van der Waals surface area contributed by atoms with Crippen LogP contribution in [0.1, 0.15) is 12.0 Å². The normalized spacial score (nSPS) is 27.3. The summed E-state index contributed by atoms with van der Waals surface area (Å²) >= 11 is 0. The standard InChI is InChI=1S/C18H28FN3O2/c1-20-7-9-22(10-8-20)17-5-6-21(13-18(17)23)12-14-11-15(24-2)3-4-16(14)19/h3-4,11,17-18,23H,5-10,12-13H2,1-2H3/t17-,18-/m1/s1. The van der Waals surface area contributed by atoms with Gasteiger partial charge < -0.3 is 14.7 Å². The average molecular weight is 337 g/mol. The third-order valence-electron chi connectivity index (χ3n) is 5.28. The summed E-state index contributed by atoms with van der Waals surface area (Å²) in [7, 11) is 3.72. The van der Waals surface area contributed by atoms with Crippen molar-refractivity contribution in [3.8, 4) is 5.75 Å². The van der Waals surface area contributed by atoms with Crippen LogP contribution in [-0.4, -0.2) is 85.4 Å². The molecule has 0 radical (unpaired) electrons. The Balaban J connectivity index is 1.57. The number of piperidine rings is 1. The molecule has 2 aliphatic rings. The number of β-amino-alcohol motifs (C(OH)–C–C–N with tert-alkyl or cyclic N) is 1. The minimum absolute atomic E-state index is 0.216. The second-order valence-corrected chi connectivity index (χ2v) is 6.96. The molecule has 2 atom stereocenters. The smallest absolute Gasteiger partial charge is 0.127 e. The Hall–Kier alpha value is -1.21. The molecule has 2 fully saturated rings. The molecule has 0 spiro atoms. The summed E-state index contributed by atoms with van der Waals surface area (Å²) in [5.74, 6) is 0.450. The molecule has 0 aliphatic carbocycles. The van der Waals surface area contributed by atoms with Crippen LogP contribution in [0.25, 0.3) is 0 Å². The first-order valence-corrected chi connectivity index (χ1v) is 8.72. The van der Waals surface area contributed by atoms with Crippen molar-refractivity contribution < 1.29 is 14.2 Å². The lowest BCUT2D eigenvalue weighted by atomic mass is 9.98. The van der Waals surface area contributed by atoms with Crippen LogP contribution in [0.5, 0.6) is 5.75 Å². The Morgan fingerprint density at radius 3 is 2.62 bits per heavy atom. The molecule has 2 aliphatic heterocycles. The van der Waals surface area contributed by atoms with Crippen molar-refractivity contribution in [3.05, 3.63) is 29.6 Å². The van der Waals surface area contributed by atoms with Crippen LogP contribution in [0.15, 0.2) is 18.2 Å². The van der Waals surface area contributed by atoms with Gasteiger partial charge in [0.25, 0.3) is 0 Å². The van der Waals surface area contributed by atoms with Gasteiger partial charge in [-0.1, -0.05) is 0 Å². The van der Waals surface area contributed by atoms with Crippen molar-refractivity contribution >= 4 is 0 Å². The van der Waals surface area contributed by atoms with Crippen LogP contribution >= 0.6 is 0 Å². The van der Waals surface area contributed by atoms with Gasteiger partial charge in [-0.05, 0) is 31.7 Å². The topological polar surface area (TPSA) is 39.2 Å². The fourth-order valence-corrected chi connectivity index (χ4v) is 3.75. The highest BCUT2D eigenvalue weighted by Crippen LogP contribution is 2.23. The van der Waals surface area contributed by atoms with E-state index in [0.717, 1.165) is 39.1 Å². The zero-order valence-corrected chi connectivity index (χ0v) is 14.6. The Labute approximate surface area is 143 Å². The number of nitrogens with zero attached hydrogens (tertiary/aromatic N) is 3.